The molecule has 0 aliphatic heterocycles. The van der Waals surface area contributed by atoms with Crippen LogP contribution in [0, 0.1) is 6.92 Å². The monoisotopic (exact) mass is 215 g/mol. The van der Waals surface area contributed by atoms with Crippen LogP contribution >= 0.6 is 0 Å². The molecular formula is C13H13NO2. The van der Waals surface area contributed by atoms with Crippen LogP contribution in [0.15, 0.2) is 35.6 Å². The van der Waals surface area contributed by atoms with E-state index >= 15 is 0 Å². The van der Waals surface area contributed by atoms with E-state index in [2.05, 4.69) is 11.6 Å². The Bertz CT molecular complexity index is 611. The summed E-state index contributed by atoms with van der Waals surface area (Å²) in [6.07, 6.45) is 2.27. The first-order valence-electron chi connectivity index (χ1n) is 5.09. The van der Waals surface area contributed by atoms with Crippen LogP contribution in [0.5, 0.6) is 5.75 Å². The summed E-state index contributed by atoms with van der Waals surface area (Å²) in [5, 5.41) is 10.3. The van der Waals surface area contributed by atoms with Crippen LogP contribution in [-0.4, -0.2) is 10.1 Å². The third-order valence-corrected chi connectivity index (χ3v) is 2.73. The van der Waals surface area contributed by atoms with Crippen LogP contribution in [0.3, 0.4) is 0 Å². The Hall–Kier alpha value is -2.03. The first-order chi connectivity index (χ1) is 7.63. The summed E-state index contributed by atoms with van der Waals surface area (Å²) >= 11 is 0. The molecule has 16 heavy (non-hydrogen) atoms. The van der Waals surface area contributed by atoms with Gasteiger partial charge in [-0.2, -0.15) is 0 Å². The Morgan fingerprint density at radius 1 is 1.50 bits per heavy atom. The van der Waals surface area contributed by atoms with E-state index in [1.54, 1.807) is 18.2 Å². The maximum atomic E-state index is 11.8. The number of aryl methyl sites for hydroxylation is 1. The molecule has 0 atom stereocenters. The van der Waals surface area contributed by atoms with Gasteiger partial charge in [0.25, 0.3) is 5.56 Å². The fourth-order valence-corrected chi connectivity index (χ4v) is 1.88. The lowest BCUT2D eigenvalue weighted by atomic mass is 10.0. The van der Waals surface area contributed by atoms with Crippen LogP contribution in [0.1, 0.15) is 11.1 Å². The summed E-state index contributed by atoms with van der Waals surface area (Å²) in [5.74, 6) is 0.152. The van der Waals surface area contributed by atoms with Gasteiger partial charge in [-0.25, -0.2) is 0 Å². The van der Waals surface area contributed by atoms with Gasteiger partial charge in [0.2, 0.25) is 0 Å². The molecule has 0 unspecified atom stereocenters. The minimum Gasteiger partial charge on any atom is -0.508 e. The number of allylic oxidation sites excluding steroid dienone is 1. The number of phenols is 1. The summed E-state index contributed by atoms with van der Waals surface area (Å²) < 4.78 is 0. The number of aromatic hydroxyl groups is 1. The second-order valence-corrected chi connectivity index (χ2v) is 3.78. The Morgan fingerprint density at radius 2 is 2.25 bits per heavy atom. The highest BCUT2D eigenvalue weighted by Crippen LogP contribution is 2.21. The highest BCUT2D eigenvalue weighted by molar-refractivity contribution is 5.84. The number of H-pyrrole nitrogens is 1. The number of aromatic nitrogens is 1. The second-order valence-electron chi connectivity index (χ2n) is 3.78. The Kier molecular flexibility index (Phi) is 2.52. The Labute approximate surface area is 93.1 Å². The van der Waals surface area contributed by atoms with Crippen molar-refractivity contribution >= 4 is 10.9 Å². The van der Waals surface area contributed by atoms with Crippen LogP contribution in [0.25, 0.3) is 10.9 Å². The molecule has 1 heterocycles. The number of fused-ring (bicyclic) bond motifs is 1. The average Bonchev–Trinajstić information content (AvgIpc) is 2.23. The van der Waals surface area contributed by atoms with E-state index in [-0.39, 0.29) is 11.3 Å². The molecule has 82 valence electrons. The molecule has 1 aromatic carbocycles. The number of hydrogen-bond donors (Lipinski definition) is 2. The molecular weight excluding hydrogens is 202 g/mol. The van der Waals surface area contributed by atoms with Gasteiger partial charge < -0.3 is 10.1 Å². The van der Waals surface area contributed by atoms with E-state index in [0.717, 1.165) is 16.5 Å². The van der Waals surface area contributed by atoms with Gasteiger partial charge in [0, 0.05) is 17.0 Å². The summed E-state index contributed by atoms with van der Waals surface area (Å²) in [7, 11) is 0. The summed E-state index contributed by atoms with van der Waals surface area (Å²) in [6.45, 7) is 5.55. The molecule has 2 aromatic rings. The van der Waals surface area contributed by atoms with Gasteiger partial charge in [0.1, 0.15) is 5.75 Å². The fraction of sp³-hybridized carbons (Fsp3) is 0.154. The van der Waals surface area contributed by atoms with E-state index in [4.69, 9.17) is 0 Å². The molecule has 0 radical (unpaired) electrons. The van der Waals surface area contributed by atoms with Crippen molar-refractivity contribution in [2.24, 2.45) is 0 Å². The quantitative estimate of drug-likeness (QED) is 0.755. The third kappa shape index (κ3) is 1.60. The molecule has 2 N–H and O–H groups in total. The van der Waals surface area contributed by atoms with Gasteiger partial charge in [-0.1, -0.05) is 6.08 Å². The number of phenolic OH excluding ortho intramolecular Hbond substituents is 1. The molecule has 2 rings (SSSR count). The summed E-state index contributed by atoms with van der Waals surface area (Å²) in [4.78, 5) is 14.5. The lowest BCUT2D eigenvalue weighted by Crippen LogP contribution is -2.14. The molecule has 0 bridgehead atoms. The van der Waals surface area contributed by atoms with E-state index in [1.807, 2.05) is 13.0 Å². The summed E-state index contributed by atoms with van der Waals surface area (Å²) in [6, 6.07) is 4.98. The number of hydrogen-bond acceptors (Lipinski definition) is 2. The number of rotatable bonds is 2. The third-order valence-electron chi connectivity index (χ3n) is 2.73. The maximum Gasteiger partial charge on any atom is 0.252 e. The molecule has 0 saturated heterocycles. The van der Waals surface area contributed by atoms with Crippen LogP contribution in [-0.2, 0) is 6.42 Å². The zero-order valence-electron chi connectivity index (χ0n) is 9.08. The first-order valence-corrected chi connectivity index (χ1v) is 5.09. The predicted octanol–water partition coefficient (Wildman–Crippen LogP) is 2.27. The van der Waals surface area contributed by atoms with Crippen LogP contribution in [0.2, 0.25) is 0 Å². The normalized spacial score (nSPS) is 10.6. The van der Waals surface area contributed by atoms with E-state index in [0.29, 0.717) is 11.9 Å². The Morgan fingerprint density at radius 3 is 2.94 bits per heavy atom. The minimum atomic E-state index is -0.115. The smallest absolute Gasteiger partial charge is 0.252 e. The van der Waals surface area contributed by atoms with Crippen molar-refractivity contribution in [2.45, 2.75) is 13.3 Å². The van der Waals surface area contributed by atoms with Crippen molar-refractivity contribution in [3.8, 4) is 5.75 Å². The number of pyridine rings is 1. The molecule has 0 fully saturated rings. The van der Waals surface area contributed by atoms with Crippen LogP contribution in [0.4, 0.5) is 0 Å². The van der Waals surface area contributed by atoms with E-state index < -0.39 is 0 Å². The fourth-order valence-electron chi connectivity index (χ4n) is 1.88. The standard InChI is InChI=1S/C13H13NO2/c1-3-4-11-8(2)10-6-5-9(15)7-12(10)14-13(11)16/h3,5-7,15H,1,4H2,2H3,(H,14,16). The topological polar surface area (TPSA) is 53.1 Å². The zero-order chi connectivity index (χ0) is 11.7. The van der Waals surface area contributed by atoms with Gasteiger partial charge in [-0.15, -0.1) is 6.58 Å². The molecule has 0 saturated carbocycles. The molecule has 1 aromatic heterocycles. The van der Waals surface area contributed by atoms with Crippen molar-refractivity contribution in [3.63, 3.8) is 0 Å². The second kappa shape index (κ2) is 3.85. The zero-order valence-corrected chi connectivity index (χ0v) is 9.08. The van der Waals surface area contributed by atoms with Gasteiger partial charge in [0.15, 0.2) is 0 Å². The molecule has 0 aliphatic rings. The van der Waals surface area contributed by atoms with Crippen molar-refractivity contribution < 1.29 is 5.11 Å². The average molecular weight is 215 g/mol. The van der Waals surface area contributed by atoms with Crippen molar-refractivity contribution in [2.75, 3.05) is 0 Å². The van der Waals surface area contributed by atoms with Crippen molar-refractivity contribution in [1.82, 2.24) is 4.98 Å². The highest BCUT2D eigenvalue weighted by Gasteiger charge is 2.07. The summed E-state index contributed by atoms with van der Waals surface area (Å²) in [5.41, 5.74) is 2.22. The predicted molar refractivity (Wildman–Crippen MR) is 64.9 cm³/mol. The van der Waals surface area contributed by atoms with E-state index in [1.165, 1.54) is 0 Å². The SMILES string of the molecule is C=CCc1c(C)c2ccc(O)cc2[nH]c1=O. The largest absolute Gasteiger partial charge is 0.508 e. The molecule has 0 amide bonds. The Balaban J connectivity index is 2.83. The van der Waals surface area contributed by atoms with Gasteiger partial charge >= 0.3 is 0 Å². The number of aromatic amines is 1. The van der Waals surface area contributed by atoms with Crippen molar-refractivity contribution in [3.05, 3.63) is 52.3 Å². The minimum absolute atomic E-state index is 0.115. The van der Waals surface area contributed by atoms with Gasteiger partial charge in [0.05, 0.1) is 5.52 Å². The molecule has 3 heteroatoms. The van der Waals surface area contributed by atoms with Crippen molar-refractivity contribution in [1.29, 1.82) is 0 Å². The van der Waals surface area contributed by atoms with Gasteiger partial charge in [-0.05, 0) is 31.0 Å². The lowest BCUT2D eigenvalue weighted by molar-refractivity contribution is 0.476. The van der Waals surface area contributed by atoms with Crippen LogP contribution < -0.4 is 5.56 Å². The molecule has 3 nitrogen and oxygen atoms in total. The van der Waals surface area contributed by atoms with E-state index in [9.17, 15) is 9.90 Å². The van der Waals surface area contributed by atoms with Gasteiger partial charge in [-0.3, -0.25) is 4.79 Å². The molecule has 0 aliphatic carbocycles. The lowest BCUT2D eigenvalue weighted by Gasteiger charge is -2.07. The highest BCUT2D eigenvalue weighted by atomic mass is 16.3. The number of nitrogens with one attached hydrogen (secondary N) is 1. The maximum absolute atomic E-state index is 11.8. The number of benzene rings is 1. The first kappa shape index (κ1) is 10.5. The molecule has 0 spiro atoms.